The monoisotopic (exact) mass is 285 g/mol. The molecule has 0 bridgehead atoms. The van der Waals surface area contributed by atoms with E-state index in [2.05, 4.69) is 46.2 Å². The molecule has 0 saturated carbocycles. The molecular formula is C16H23N5. The van der Waals surface area contributed by atoms with Gasteiger partial charge < -0.3 is 10.2 Å². The van der Waals surface area contributed by atoms with E-state index in [0.717, 1.165) is 24.6 Å². The molecule has 0 fully saturated rings. The van der Waals surface area contributed by atoms with Gasteiger partial charge >= 0.3 is 0 Å². The van der Waals surface area contributed by atoms with Crippen LogP contribution in [0.3, 0.4) is 0 Å². The van der Waals surface area contributed by atoms with E-state index < -0.39 is 0 Å². The minimum atomic E-state index is 0.0818. The van der Waals surface area contributed by atoms with Crippen molar-refractivity contribution >= 4 is 5.82 Å². The maximum absolute atomic E-state index is 4.30. The Kier molecular flexibility index (Phi) is 4.85. The second-order valence-electron chi connectivity index (χ2n) is 6.20. The third-order valence-corrected chi connectivity index (χ3v) is 3.07. The van der Waals surface area contributed by atoms with E-state index in [0.29, 0.717) is 0 Å². The minimum absolute atomic E-state index is 0.0818. The van der Waals surface area contributed by atoms with E-state index in [1.165, 1.54) is 5.56 Å². The lowest BCUT2D eigenvalue weighted by molar-refractivity contribution is 0.420. The normalized spacial score (nSPS) is 11.4. The summed E-state index contributed by atoms with van der Waals surface area (Å²) in [5, 5.41) is 12.0. The van der Waals surface area contributed by atoms with Crippen LogP contribution in [-0.2, 0) is 13.1 Å². The second kappa shape index (κ2) is 6.63. The Balaban J connectivity index is 1.95. The van der Waals surface area contributed by atoms with Crippen molar-refractivity contribution in [3.63, 3.8) is 0 Å². The standard InChI is InChI=1S/C16H23N5/c1-16(2,3)18-11-14-5-6-15(20-19-14)21(4)12-13-7-9-17-10-8-13/h5-10,18H,11-12H2,1-4H3. The summed E-state index contributed by atoms with van der Waals surface area (Å²) in [5.74, 6) is 0.867. The van der Waals surface area contributed by atoms with Crippen LogP contribution in [0.15, 0.2) is 36.7 Å². The molecule has 1 N–H and O–H groups in total. The first-order valence-corrected chi connectivity index (χ1v) is 7.12. The predicted molar refractivity (Wildman–Crippen MR) is 85.0 cm³/mol. The SMILES string of the molecule is CN(Cc1ccncc1)c1ccc(CNC(C)(C)C)nn1. The fourth-order valence-corrected chi connectivity index (χ4v) is 1.85. The summed E-state index contributed by atoms with van der Waals surface area (Å²) in [6.45, 7) is 7.92. The molecule has 0 spiro atoms. The fraction of sp³-hybridized carbons (Fsp3) is 0.438. The molecule has 0 atom stereocenters. The van der Waals surface area contributed by atoms with Gasteiger partial charge in [-0.25, -0.2) is 0 Å². The predicted octanol–water partition coefficient (Wildman–Crippen LogP) is 2.40. The zero-order valence-corrected chi connectivity index (χ0v) is 13.2. The van der Waals surface area contributed by atoms with Crippen molar-refractivity contribution in [3.05, 3.63) is 47.9 Å². The van der Waals surface area contributed by atoms with Gasteiger partial charge in [0.1, 0.15) is 0 Å². The van der Waals surface area contributed by atoms with Gasteiger partial charge in [0, 0.05) is 38.1 Å². The largest absolute Gasteiger partial charge is 0.354 e. The number of rotatable bonds is 5. The Morgan fingerprint density at radius 1 is 1.05 bits per heavy atom. The van der Waals surface area contributed by atoms with Gasteiger partial charge in [0.2, 0.25) is 0 Å². The zero-order valence-electron chi connectivity index (χ0n) is 13.2. The molecule has 0 aromatic carbocycles. The van der Waals surface area contributed by atoms with Crippen LogP contribution in [-0.4, -0.2) is 27.8 Å². The van der Waals surface area contributed by atoms with Crippen molar-refractivity contribution in [3.8, 4) is 0 Å². The number of hydrogen-bond donors (Lipinski definition) is 1. The van der Waals surface area contributed by atoms with E-state index in [-0.39, 0.29) is 5.54 Å². The topological polar surface area (TPSA) is 53.9 Å². The lowest BCUT2D eigenvalue weighted by Crippen LogP contribution is -2.35. The average Bonchev–Trinajstić information content (AvgIpc) is 2.46. The summed E-state index contributed by atoms with van der Waals surface area (Å²) >= 11 is 0. The van der Waals surface area contributed by atoms with Crippen LogP contribution in [0.4, 0.5) is 5.82 Å². The van der Waals surface area contributed by atoms with Crippen molar-refractivity contribution in [2.45, 2.75) is 39.4 Å². The van der Waals surface area contributed by atoms with Crippen LogP contribution in [0.1, 0.15) is 32.0 Å². The maximum Gasteiger partial charge on any atom is 0.151 e. The molecule has 2 rings (SSSR count). The highest BCUT2D eigenvalue weighted by molar-refractivity contribution is 5.37. The van der Waals surface area contributed by atoms with Gasteiger partial charge in [0.25, 0.3) is 0 Å². The Labute approximate surface area is 126 Å². The smallest absolute Gasteiger partial charge is 0.151 e. The van der Waals surface area contributed by atoms with Gasteiger partial charge in [-0.05, 0) is 50.6 Å². The number of pyridine rings is 1. The van der Waals surface area contributed by atoms with E-state index >= 15 is 0 Å². The highest BCUT2D eigenvalue weighted by Crippen LogP contribution is 2.11. The Morgan fingerprint density at radius 2 is 1.76 bits per heavy atom. The van der Waals surface area contributed by atoms with Crippen LogP contribution < -0.4 is 10.2 Å². The number of anilines is 1. The molecule has 2 aromatic rings. The van der Waals surface area contributed by atoms with Crippen LogP contribution in [0, 0.1) is 0 Å². The number of hydrogen-bond acceptors (Lipinski definition) is 5. The van der Waals surface area contributed by atoms with Gasteiger partial charge in [-0.15, -0.1) is 5.10 Å². The lowest BCUT2D eigenvalue weighted by atomic mass is 10.1. The zero-order chi connectivity index (χ0) is 15.3. The van der Waals surface area contributed by atoms with Crippen molar-refractivity contribution in [1.82, 2.24) is 20.5 Å². The quantitative estimate of drug-likeness (QED) is 0.914. The summed E-state index contributed by atoms with van der Waals surface area (Å²) in [7, 11) is 2.01. The Bertz CT molecular complexity index is 545. The Morgan fingerprint density at radius 3 is 2.33 bits per heavy atom. The van der Waals surface area contributed by atoms with Crippen molar-refractivity contribution < 1.29 is 0 Å². The third kappa shape index (κ3) is 5.11. The van der Waals surface area contributed by atoms with Crippen LogP contribution in [0.5, 0.6) is 0 Å². The van der Waals surface area contributed by atoms with Gasteiger partial charge in [0.05, 0.1) is 5.69 Å². The van der Waals surface area contributed by atoms with Crippen LogP contribution in [0.25, 0.3) is 0 Å². The molecule has 112 valence electrons. The van der Waals surface area contributed by atoms with E-state index in [4.69, 9.17) is 0 Å². The molecule has 5 nitrogen and oxygen atoms in total. The third-order valence-electron chi connectivity index (χ3n) is 3.07. The van der Waals surface area contributed by atoms with Gasteiger partial charge in [-0.1, -0.05) is 0 Å². The van der Waals surface area contributed by atoms with E-state index in [9.17, 15) is 0 Å². The van der Waals surface area contributed by atoms with Crippen molar-refractivity contribution in [2.75, 3.05) is 11.9 Å². The van der Waals surface area contributed by atoms with Gasteiger partial charge in [-0.2, -0.15) is 5.10 Å². The Hall–Kier alpha value is -2.01. The molecule has 0 aliphatic carbocycles. The summed E-state index contributed by atoms with van der Waals surface area (Å²) in [6, 6.07) is 8.04. The second-order valence-corrected chi connectivity index (χ2v) is 6.20. The molecular weight excluding hydrogens is 262 g/mol. The summed E-state index contributed by atoms with van der Waals surface area (Å²) in [5.41, 5.74) is 2.23. The number of nitrogens with one attached hydrogen (secondary N) is 1. The number of nitrogens with zero attached hydrogens (tertiary/aromatic N) is 4. The molecule has 0 amide bonds. The first-order valence-electron chi connectivity index (χ1n) is 7.12. The maximum atomic E-state index is 4.30. The molecule has 2 aromatic heterocycles. The molecule has 21 heavy (non-hydrogen) atoms. The first kappa shape index (κ1) is 15.4. The van der Waals surface area contributed by atoms with Crippen LogP contribution >= 0.6 is 0 Å². The average molecular weight is 285 g/mol. The van der Waals surface area contributed by atoms with E-state index in [1.807, 2.05) is 31.3 Å². The van der Waals surface area contributed by atoms with Crippen molar-refractivity contribution in [1.29, 1.82) is 0 Å². The molecule has 0 radical (unpaired) electrons. The molecule has 0 saturated heterocycles. The molecule has 2 heterocycles. The van der Waals surface area contributed by atoms with Gasteiger partial charge in [-0.3, -0.25) is 4.98 Å². The minimum Gasteiger partial charge on any atom is -0.354 e. The fourth-order valence-electron chi connectivity index (χ4n) is 1.85. The lowest BCUT2D eigenvalue weighted by Gasteiger charge is -2.20. The molecule has 0 unspecified atom stereocenters. The van der Waals surface area contributed by atoms with Gasteiger partial charge in [0.15, 0.2) is 5.82 Å². The molecule has 0 aliphatic rings. The molecule has 5 heteroatoms. The van der Waals surface area contributed by atoms with E-state index in [1.54, 1.807) is 12.4 Å². The summed E-state index contributed by atoms with van der Waals surface area (Å²) in [6.07, 6.45) is 3.60. The summed E-state index contributed by atoms with van der Waals surface area (Å²) in [4.78, 5) is 6.10. The highest BCUT2D eigenvalue weighted by atomic mass is 15.2. The first-order chi connectivity index (χ1) is 9.94. The molecule has 0 aliphatic heterocycles. The summed E-state index contributed by atoms with van der Waals surface area (Å²) < 4.78 is 0. The van der Waals surface area contributed by atoms with Crippen molar-refractivity contribution in [2.24, 2.45) is 0 Å². The highest BCUT2D eigenvalue weighted by Gasteiger charge is 2.10. The number of aromatic nitrogens is 3. The van der Waals surface area contributed by atoms with Crippen LogP contribution in [0.2, 0.25) is 0 Å².